The van der Waals surface area contributed by atoms with Gasteiger partial charge in [0.15, 0.2) is 0 Å². The minimum Gasteiger partial charge on any atom is -0.337 e. The van der Waals surface area contributed by atoms with Gasteiger partial charge >= 0.3 is 0 Å². The van der Waals surface area contributed by atoms with Crippen molar-refractivity contribution in [1.29, 1.82) is 0 Å². The van der Waals surface area contributed by atoms with Crippen LogP contribution in [0.15, 0.2) is 77.6 Å². The van der Waals surface area contributed by atoms with Crippen molar-refractivity contribution in [2.24, 2.45) is 0 Å². The van der Waals surface area contributed by atoms with Gasteiger partial charge in [-0.3, -0.25) is 15.1 Å². The molecule has 29 heavy (non-hydrogen) atoms. The van der Waals surface area contributed by atoms with Gasteiger partial charge in [-0.25, -0.2) is 0 Å². The van der Waals surface area contributed by atoms with Crippen LogP contribution in [0, 0.1) is 13.8 Å². The molecule has 0 saturated heterocycles. The third kappa shape index (κ3) is 4.09. The van der Waals surface area contributed by atoms with E-state index in [1.54, 1.807) is 12.4 Å². The fraction of sp³-hybridized carbons (Fsp3) is 0.125. The van der Waals surface area contributed by atoms with Crippen LogP contribution in [0.3, 0.4) is 0 Å². The maximum atomic E-state index is 12.6. The van der Waals surface area contributed by atoms with Gasteiger partial charge in [-0.15, -0.1) is 0 Å². The standard InChI is InChI=1S/C24H21N3O2/c1-16-8-9-17(2)20(14-16)23-22(19-10-12-25-13-11-19)24(29-27-23)26-21(28)15-18-6-4-3-5-7-18/h3-14H,15H2,1-2H3,(H,26,28). The Bertz CT molecular complexity index is 1140. The lowest BCUT2D eigenvalue weighted by Gasteiger charge is -2.08. The first-order valence-corrected chi connectivity index (χ1v) is 9.43. The van der Waals surface area contributed by atoms with E-state index in [2.05, 4.69) is 33.7 Å². The number of pyridine rings is 1. The number of carbonyl (C=O) groups excluding carboxylic acids is 1. The second-order valence-corrected chi connectivity index (χ2v) is 7.00. The molecule has 2 heterocycles. The molecule has 5 heteroatoms. The largest absolute Gasteiger partial charge is 0.337 e. The average molecular weight is 383 g/mol. The predicted molar refractivity (Wildman–Crippen MR) is 113 cm³/mol. The van der Waals surface area contributed by atoms with Crippen molar-refractivity contribution in [3.8, 4) is 22.4 Å². The number of rotatable bonds is 5. The van der Waals surface area contributed by atoms with E-state index in [4.69, 9.17) is 4.52 Å². The van der Waals surface area contributed by atoms with Crippen molar-refractivity contribution in [1.82, 2.24) is 10.1 Å². The number of aromatic nitrogens is 2. The van der Waals surface area contributed by atoms with Crippen LogP contribution in [0.2, 0.25) is 0 Å². The van der Waals surface area contributed by atoms with Gasteiger partial charge in [-0.2, -0.15) is 0 Å². The summed E-state index contributed by atoms with van der Waals surface area (Å²) in [5, 5.41) is 7.21. The van der Waals surface area contributed by atoms with Crippen molar-refractivity contribution in [2.75, 3.05) is 5.32 Å². The van der Waals surface area contributed by atoms with Crippen LogP contribution in [-0.2, 0) is 11.2 Å². The number of nitrogens with zero attached hydrogens (tertiary/aromatic N) is 2. The molecule has 0 spiro atoms. The zero-order valence-corrected chi connectivity index (χ0v) is 16.3. The summed E-state index contributed by atoms with van der Waals surface area (Å²) >= 11 is 0. The zero-order valence-electron chi connectivity index (χ0n) is 16.3. The Morgan fingerprint density at radius 1 is 1.00 bits per heavy atom. The molecule has 5 nitrogen and oxygen atoms in total. The van der Waals surface area contributed by atoms with Crippen LogP contribution in [0.25, 0.3) is 22.4 Å². The van der Waals surface area contributed by atoms with Crippen molar-refractivity contribution < 1.29 is 9.32 Å². The molecule has 0 radical (unpaired) electrons. The molecular formula is C24H21N3O2. The van der Waals surface area contributed by atoms with E-state index in [1.165, 1.54) is 0 Å². The molecule has 0 aliphatic rings. The fourth-order valence-electron chi connectivity index (χ4n) is 3.29. The number of amides is 1. The quantitative estimate of drug-likeness (QED) is 0.514. The number of aryl methyl sites for hydroxylation is 2. The lowest BCUT2D eigenvalue weighted by molar-refractivity contribution is -0.115. The van der Waals surface area contributed by atoms with Gasteiger partial charge in [0, 0.05) is 18.0 Å². The van der Waals surface area contributed by atoms with Crippen LogP contribution >= 0.6 is 0 Å². The lowest BCUT2D eigenvalue weighted by atomic mass is 9.97. The number of anilines is 1. The minimum absolute atomic E-state index is 0.157. The molecule has 0 saturated carbocycles. The Hall–Kier alpha value is -3.73. The predicted octanol–water partition coefficient (Wildman–Crippen LogP) is 5.20. The summed E-state index contributed by atoms with van der Waals surface area (Å²) in [5.41, 5.74) is 6.46. The Kier molecular flexibility index (Phi) is 5.20. The van der Waals surface area contributed by atoms with Crippen LogP contribution in [0.1, 0.15) is 16.7 Å². The highest BCUT2D eigenvalue weighted by Crippen LogP contribution is 2.39. The summed E-state index contributed by atoms with van der Waals surface area (Å²) in [6.45, 7) is 4.07. The molecule has 4 rings (SSSR count). The van der Waals surface area contributed by atoms with E-state index in [1.807, 2.05) is 56.3 Å². The maximum Gasteiger partial charge on any atom is 0.239 e. The summed E-state index contributed by atoms with van der Waals surface area (Å²) in [6, 6.07) is 19.6. The van der Waals surface area contributed by atoms with Crippen LogP contribution in [-0.4, -0.2) is 16.0 Å². The lowest BCUT2D eigenvalue weighted by Crippen LogP contribution is -2.14. The van der Waals surface area contributed by atoms with Crippen molar-refractivity contribution in [3.63, 3.8) is 0 Å². The van der Waals surface area contributed by atoms with E-state index in [9.17, 15) is 4.79 Å². The van der Waals surface area contributed by atoms with E-state index < -0.39 is 0 Å². The average Bonchev–Trinajstić information content (AvgIpc) is 3.14. The smallest absolute Gasteiger partial charge is 0.239 e. The van der Waals surface area contributed by atoms with Crippen molar-refractivity contribution >= 4 is 11.8 Å². The summed E-state index contributed by atoms with van der Waals surface area (Å²) in [4.78, 5) is 16.7. The fourth-order valence-corrected chi connectivity index (χ4v) is 3.29. The topological polar surface area (TPSA) is 68.0 Å². The number of hydrogen-bond donors (Lipinski definition) is 1. The van der Waals surface area contributed by atoms with Crippen molar-refractivity contribution in [2.45, 2.75) is 20.3 Å². The van der Waals surface area contributed by atoms with Gasteiger partial charge in [-0.1, -0.05) is 53.2 Å². The first-order chi connectivity index (χ1) is 14.1. The summed E-state index contributed by atoms with van der Waals surface area (Å²) in [6.07, 6.45) is 3.69. The second-order valence-electron chi connectivity index (χ2n) is 7.00. The molecule has 0 aliphatic carbocycles. The molecule has 4 aromatic rings. The molecular weight excluding hydrogens is 362 g/mol. The van der Waals surface area contributed by atoms with Crippen LogP contribution in [0.5, 0.6) is 0 Å². The number of benzene rings is 2. The Balaban J connectivity index is 1.74. The molecule has 0 aliphatic heterocycles. The first kappa shape index (κ1) is 18.6. The van der Waals surface area contributed by atoms with Gasteiger partial charge in [0.25, 0.3) is 0 Å². The molecule has 2 aromatic carbocycles. The molecule has 0 bridgehead atoms. The van der Waals surface area contributed by atoms with Crippen molar-refractivity contribution in [3.05, 3.63) is 89.7 Å². The van der Waals surface area contributed by atoms with Gasteiger partial charge < -0.3 is 4.52 Å². The summed E-state index contributed by atoms with van der Waals surface area (Å²) in [5.74, 6) is 0.184. The SMILES string of the molecule is Cc1ccc(C)c(-c2noc(NC(=O)Cc3ccccc3)c2-c2ccncc2)c1. The normalized spacial score (nSPS) is 10.7. The molecule has 0 unspecified atom stereocenters. The molecule has 0 atom stereocenters. The van der Waals surface area contributed by atoms with Crippen LogP contribution < -0.4 is 5.32 Å². The number of hydrogen-bond acceptors (Lipinski definition) is 4. The van der Waals surface area contributed by atoms with E-state index in [-0.39, 0.29) is 12.3 Å². The highest BCUT2D eigenvalue weighted by molar-refractivity contribution is 5.98. The molecule has 0 fully saturated rings. The van der Waals surface area contributed by atoms with Gasteiger partial charge in [0.2, 0.25) is 11.8 Å². The van der Waals surface area contributed by atoms with E-state index in [0.29, 0.717) is 11.6 Å². The highest BCUT2D eigenvalue weighted by atomic mass is 16.5. The van der Waals surface area contributed by atoms with E-state index >= 15 is 0 Å². The Morgan fingerprint density at radius 2 is 1.76 bits per heavy atom. The molecule has 2 aromatic heterocycles. The van der Waals surface area contributed by atoms with Gasteiger partial charge in [-0.05, 0) is 48.7 Å². The maximum absolute atomic E-state index is 12.6. The Morgan fingerprint density at radius 3 is 2.52 bits per heavy atom. The third-order valence-electron chi connectivity index (χ3n) is 4.77. The first-order valence-electron chi connectivity index (χ1n) is 9.43. The van der Waals surface area contributed by atoms with Gasteiger partial charge in [0.1, 0.15) is 5.69 Å². The summed E-state index contributed by atoms with van der Waals surface area (Å²) < 4.78 is 5.61. The number of carbonyl (C=O) groups is 1. The second kappa shape index (κ2) is 8.10. The monoisotopic (exact) mass is 383 g/mol. The van der Waals surface area contributed by atoms with Gasteiger partial charge in [0.05, 0.1) is 12.0 Å². The van der Waals surface area contributed by atoms with E-state index in [0.717, 1.165) is 33.4 Å². The highest BCUT2D eigenvalue weighted by Gasteiger charge is 2.22. The van der Waals surface area contributed by atoms with Crippen LogP contribution in [0.4, 0.5) is 5.88 Å². The number of nitrogens with one attached hydrogen (secondary N) is 1. The third-order valence-corrected chi connectivity index (χ3v) is 4.77. The zero-order chi connectivity index (χ0) is 20.2. The molecule has 1 amide bonds. The summed E-state index contributed by atoms with van der Waals surface area (Å²) in [7, 11) is 0. The molecule has 144 valence electrons. The Labute approximate surface area is 169 Å². The molecule has 1 N–H and O–H groups in total. The minimum atomic E-state index is -0.157.